The zero-order valence-electron chi connectivity index (χ0n) is 11.2. The van der Waals surface area contributed by atoms with Crippen molar-refractivity contribution < 1.29 is 18.3 Å². The molecule has 0 radical (unpaired) electrons. The molecule has 0 bridgehead atoms. The lowest BCUT2D eigenvalue weighted by atomic mass is 10.00. The van der Waals surface area contributed by atoms with Crippen molar-refractivity contribution in [2.75, 3.05) is 13.1 Å². The molecule has 0 saturated carbocycles. The molecule has 7 heteroatoms. The third-order valence-electron chi connectivity index (χ3n) is 3.66. The van der Waals surface area contributed by atoms with Gasteiger partial charge in [0.2, 0.25) is 0 Å². The van der Waals surface area contributed by atoms with Gasteiger partial charge in [0.1, 0.15) is 0 Å². The third-order valence-corrected chi connectivity index (χ3v) is 5.00. The van der Waals surface area contributed by atoms with Crippen molar-refractivity contribution >= 4 is 21.7 Å². The van der Waals surface area contributed by atoms with Crippen LogP contribution in [0.25, 0.3) is 0 Å². The molecular weight excluding hydrogens is 292 g/mol. The minimum Gasteiger partial charge on any atom is -0.476 e. The molecule has 2 aliphatic heterocycles. The van der Waals surface area contributed by atoms with Crippen LogP contribution >= 0.6 is 0 Å². The number of carboxylic acid groups (broad SMARTS) is 1. The number of rotatable bonds is 3. The van der Waals surface area contributed by atoms with Crippen molar-refractivity contribution in [3.63, 3.8) is 0 Å². The summed E-state index contributed by atoms with van der Waals surface area (Å²) in [5.74, 6) is -1.32. The monoisotopic (exact) mass is 306 g/mol. The number of hydrogen-bond acceptors (Lipinski definition) is 4. The first-order chi connectivity index (χ1) is 9.95. The summed E-state index contributed by atoms with van der Waals surface area (Å²) in [6.07, 6.45) is 2.01. The molecule has 1 aromatic rings. The van der Waals surface area contributed by atoms with E-state index in [1.54, 1.807) is 0 Å². The van der Waals surface area contributed by atoms with Crippen molar-refractivity contribution in [1.29, 1.82) is 0 Å². The zero-order valence-corrected chi connectivity index (χ0v) is 12.0. The number of carbonyl (C=O) groups is 1. The smallest absolute Gasteiger partial charge is 0.355 e. The summed E-state index contributed by atoms with van der Waals surface area (Å²) in [6.45, 7) is 1.59. The zero-order chi connectivity index (χ0) is 15.0. The Morgan fingerprint density at radius 3 is 2.67 bits per heavy atom. The number of nitrogens with zero attached hydrogens (tertiary/aromatic N) is 2. The molecule has 0 saturated heterocycles. The summed E-state index contributed by atoms with van der Waals surface area (Å²) in [6, 6.07) is 8.05. The average molecular weight is 306 g/mol. The maximum Gasteiger partial charge on any atom is 0.355 e. The summed E-state index contributed by atoms with van der Waals surface area (Å²) < 4.78 is 27.0. The molecule has 0 amide bonds. The first-order valence-corrected chi connectivity index (χ1v) is 7.98. The first-order valence-electron chi connectivity index (χ1n) is 6.54. The van der Waals surface area contributed by atoms with Crippen LogP contribution in [0.5, 0.6) is 0 Å². The van der Waals surface area contributed by atoms with Crippen LogP contribution in [0.15, 0.2) is 39.6 Å². The number of fused-ring (bicyclic) bond motifs is 1. The van der Waals surface area contributed by atoms with Gasteiger partial charge in [-0.05, 0) is 23.6 Å². The minimum atomic E-state index is -3.83. The summed E-state index contributed by atoms with van der Waals surface area (Å²) >= 11 is 0. The van der Waals surface area contributed by atoms with Crippen LogP contribution in [0.4, 0.5) is 0 Å². The van der Waals surface area contributed by atoms with Gasteiger partial charge < -0.3 is 5.11 Å². The SMILES string of the molecule is O=C(O)C1=NS(=O)(=O)C(CN2CCc3ccccc3C2)=C1. The molecule has 0 aromatic heterocycles. The highest BCUT2D eigenvalue weighted by atomic mass is 32.2. The molecule has 110 valence electrons. The summed E-state index contributed by atoms with van der Waals surface area (Å²) in [5, 5.41) is 8.85. The van der Waals surface area contributed by atoms with Crippen molar-refractivity contribution in [2.45, 2.75) is 13.0 Å². The third kappa shape index (κ3) is 2.74. The standard InChI is InChI=1S/C14H14N2O4S/c17-14(18)13-7-12(21(19,20)15-13)9-16-6-5-10-3-1-2-4-11(10)8-16/h1-4,7H,5-6,8-9H2,(H,17,18). The van der Waals surface area contributed by atoms with E-state index in [4.69, 9.17) is 5.11 Å². The van der Waals surface area contributed by atoms with Crippen LogP contribution in [0.2, 0.25) is 0 Å². The number of aliphatic carboxylic acids is 1. The first kappa shape index (κ1) is 14.0. The van der Waals surface area contributed by atoms with Crippen LogP contribution < -0.4 is 0 Å². The molecule has 1 N–H and O–H groups in total. The molecule has 0 aliphatic carbocycles. The van der Waals surface area contributed by atoms with Crippen molar-refractivity contribution in [3.8, 4) is 0 Å². The molecule has 1 aromatic carbocycles. The van der Waals surface area contributed by atoms with Crippen molar-refractivity contribution in [1.82, 2.24) is 4.90 Å². The summed E-state index contributed by atoms with van der Waals surface area (Å²) in [4.78, 5) is 12.9. The van der Waals surface area contributed by atoms with Crippen LogP contribution in [-0.2, 0) is 27.8 Å². The molecular formula is C14H14N2O4S. The Labute approximate surface area is 122 Å². The lowest BCUT2D eigenvalue weighted by molar-refractivity contribution is -0.129. The molecule has 2 heterocycles. The van der Waals surface area contributed by atoms with Crippen LogP contribution in [0.1, 0.15) is 11.1 Å². The number of sulfonamides is 1. The highest BCUT2D eigenvalue weighted by Crippen LogP contribution is 2.23. The number of hydrogen-bond donors (Lipinski definition) is 1. The van der Waals surface area contributed by atoms with Crippen LogP contribution in [0, 0.1) is 0 Å². The van der Waals surface area contributed by atoms with Crippen molar-refractivity contribution in [2.24, 2.45) is 4.40 Å². The minimum absolute atomic E-state index is 0.0549. The Bertz CT molecular complexity index is 765. The predicted octanol–water partition coefficient (Wildman–Crippen LogP) is 0.798. The maximum absolute atomic E-state index is 11.9. The molecule has 6 nitrogen and oxygen atoms in total. The van der Waals surface area contributed by atoms with Gasteiger partial charge in [-0.3, -0.25) is 4.90 Å². The lowest BCUT2D eigenvalue weighted by Crippen LogP contribution is -2.32. The van der Waals surface area contributed by atoms with E-state index in [-0.39, 0.29) is 11.4 Å². The van der Waals surface area contributed by atoms with E-state index in [0.717, 1.165) is 19.0 Å². The van der Waals surface area contributed by atoms with Gasteiger partial charge in [-0.15, -0.1) is 0 Å². The van der Waals surface area contributed by atoms with Crippen LogP contribution in [-0.4, -0.2) is 43.2 Å². The van der Waals surface area contributed by atoms with Gasteiger partial charge in [-0.1, -0.05) is 24.3 Å². The van der Waals surface area contributed by atoms with E-state index in [0.29, 0.717) is 6.54 Å². The van der Waals surface area contributed by atoms with E-state index >= 15 is 0 Å². The van der Waals surface area contributed by atoms with E-state index in [9.17, 15) is 13.2 Å². The van der Waals surface area contributed by atoms with Gasteiger partial charge in [0.05, 0.1) is 4.91 Å². The number of carboxylic acids is 1. The Morgan fingerprint density at radius 1 is 1.29 bits per heavy atom. The van der Waals surface area contributed by atoms with Gasteiger partial charge in [0.15, 0.2) is 5.71 Å². The van der Waals surface area contributed by atoms with E-state index in [1.807, 2.05) is 23.1 Å². The molecule has 0 fully saturated rings. The van der Waals surface area contributed by atoms with Gasteiger partial charge >= 0.3 is 5.97 Å². The van der Waals surface area contributed by atoms with Gasteiger partial charge in [-0.2, -0.15) is 12.8 Å². The average Bonchev–Trinajstić information content (AvgIpc) is 2.74. The topological polar surface area (TPSA) is 87.0 Å². The second kappa shape index (κ2) is 5.09. The Kier molecular flexibility index (Phi) is 3.38. The molecule has 0 atom stereocenters. The Hall–Kier alpha value is -1.99. The second-order valence-corrected chi connectivity index (χ2v) is 6.75. The molecule has 0 spiro atoms. The number of benzene rings is 1. The Balaban J connectivity index is 1.78. The molecule has 2 aliphatic rings. The van der Waals surface area contributed by atoms with E-state index in [2.05, 4.69) is 10.5 Å². The highest BCUT2D eigenvalue weighted by Gasteiger charge is 2.30. The quantitative estimate of drug-likeness (QED) is 0.892. The lowest BCUT2D eigenvalue weighted by Gasteiger charge is -2.28. The summed E-state index contributed by atoms with van der Waals surface area (Å²) in [5.41, 5.74) is 2.04. The van der Waals surface area contributed by atoms with Crippen molar-refractivity contribution in [3.05, 3.63) is 46.4 Å². The van der Waals surface area contributed by atoms with E-state index in [1.165, 1.54) is 11.1 Å². The van der Waals surface area contributed by atoms with Crippen LogP contribution in [0.3, 0.4) is 0 Å². The fraction of sp³-hybridized carbons (Fsp3) is 0.286. The Morgan fingerprint density at radius 2 is 2.00 bits per heavy atom. The van der Waals surface area contributed by atoms with Gasteiger partial charge in [0.25, 0.3) is 10.0 Å². The predicted molar refractivity (Wildman–Crippen MR) is 77.5 cm³/mol. The molecule has 3 rings (SSSR count). The summed E-state index contributed by atoms with van der Waals surface area (Å²) in [7, 11) is -3.83. The largest absolute Gasteiger partial charge is 0.476 e. The molecule has 21 heavy (non-hydrogen) atoms. The van der Waals surface area contributed by atoms with E-state index < -0.39 is 21.7 Å². The van der Waals surface area contributed by atoms with Gasteiger partial charge in [-0.25, -0.2) is 4.79 Å². The molecule has 0 unspecified atom stereocenters. The van der Waals surface area contributed by atoms with Gasteiger partial charge in [0, 0.05) is 19.6 Å². The fourth-order valence-electron chi connectivity index (χ4n) is 2.58. The second-order valence-electron chi connectivity index (χ2n) is 5.10. The fourth-order valence-corrected chi connectivity index (χ4v) is 3.69. The highest BCUT2D eigenvalue weighted by molar-refractivity contribution is 7.94. The normalized spacial score (nSPS) is 20.6. The maximum atomic E-state index is 11.9.